The van der Waals surface area contributed by atoms with E-state index in [-0.39, 0.29) is 5.71 Å². The van der Waals surface area contributed by atoms with Crippen molar-refractivity contribution in [3.05, 3.63) is 63.6 Å². The third-order valence-electron chi connectivity index (χ3n) is 5.82. The lowest BCUT2D eigenvalue weighted by molar-refractivity contribution is -0.123. The van der Waals surface area contributed by atoms with Gasteiger partial charge in [0.15, 0.2) is 0 Å². The van der Waals surface area contributed by atoms with Crippen LogP contribution in [0.5, 0.6) is 0 Å². The van der Waals surface area contributed by atoms with Crippen molar-refractivity contribution in [2.45, 2.75) is 32.2 Å². The Bertz CT molecular complexity index is 1050. The molecule has 2 aromatic rings. The number of halogens is 2. The highest BCUT2D eigenvalue weighted by Crippen LogP contribution is 2.42. The largest absolute Gasteiger partial charge is 0.369 e. The molecule has 2 unspecified atom stereocenters. The first-order valence-corrected chi connectivity index (χ1v) is 11.4. The molecule has 0 aliphatic carbocycles. The van der Waals surface area contributed by atoms with Crippen LogP contribution in [0.4, 0.5) is 5.69 Å². The second-order valence-electron chi connectivity index (χ2n) is 8.15. The highest BCUT2D eigenvalue weighted by Gasteiger charge is 2.46. The van der Waals surface area contributed by atoms with Crippen LogP contribution in [-0.2, 0) is 9.59 Å². The van der Waals surface area contributed by atoms with Crippen LogP contribution in [0.15, 0.2) is 47.6 Å². The Hall–Kier alpha value is -2.61. The molecular formula is C23H25Cl2N5O2. The fraction of sp³-hybridized carbons (Fsp3) is 0.348. The van der Waals surface area contributed by atoms with Gasteiger partial charge < -0.3 is 5.73 Å². The molecule has 2 heterocycles. The molecule has 9 heteroatoms. The van der Waals surface area contributed by atoms with Gasteiger partial charge in [0.25, 0.3) is 5.91 Å². The van der Waals surface area contributed by atoms with Crippen molar-refractivity contribution < 1.29 is 9.59 Å². The Balaban J connectivity index is 1.76. The highest BCUT2D eigenvalue weighted by molar-refractivity contribution is 6.44. The summed E-state index contributed by atoms with van der Waals surface area (Å²) >= 11 is 12.6. The van der Waals surface area contributed by atoms with Gasteiger partial charge in [-0.25, -0.2) is 5.01 Å². The molecule has 0 aromatic heterocycles. The molecule has 2 atom stereocenters. The van der Waals surface area contributed by atoms with E-state index in [0.29, 0.717) is 15.7 Å². The van der Waals surface area contributed by atoms with Crippen LogP contribution in [0.3, 0.4) is 0 Å². The number of hydrogen-bond donors (Lipinski definition) is 2. The normalized spacial score (nSPS) is 21.3. The average molecular weight is 474 g/mol. The molecular weight excluding hydrogens is 449 g/mol. The fourth-order valence-corrected chi connectivity index (χ4v) is 4.68. The van der Waals surface area contributed by atoms with Crippen molar-refractivity contribution in [1.82, 2.24) is 10.4 Å². The Labute approximate surface area is 197 Å². The minimum Gasteiger partial charge on any atom is -0.369 e. The van der Waals surface area contributed by atoms with E-state index in [2.05, 4.69) is 10.5 Å². The highest BCUT2D eigenvalue weighted by atomic mass is 35.5. The zero-order valence-corrected chi connectivity index (χ0v) is 19.2. The Morgan fingerprint density at radius 3 is 2.38 bits per heavy atom. The number of anilines is 1. The van der Waals surface area contributed by atoms with Gasteiger partial charge in [-0.2, -0.15) is 5.10 Å². The molecule has 2 aliphatic rings. The minimum atomic E-state index is -0.950. The molecule has 32 heavy (non-hydrogen) atoms. The predicted octanol–water partition coefficient (Wildman–Crippen LogP) is 3.84. The number of amides is 2. The molecule has 3 N–H and O–H groups in total. The fourth-order valence-electron chi connectivity index (χ4n) is 4.18. The number of carbonyl (C=O) groups excluding carboxylic acids is 2. The van der Waals surface area contributed by atoms with E-state index in [1.165, 1.54) is 0 Å². The van der Waals surface area contributed by atoms with Crippen LogP contribution in [-0.4, -0.2) is 35.6 Å². The average Bonchev–Trinajstić information content (AvgIpc) is 3.16. The number of primary amides is 1. The maximum Gasteiger partial charge on any atom is 0.282 e. The van der Waals surface area contributed by atoms with Crippen LogP contribution >= 0.6 is 23.2 Å². The monoisotopic (exact) mass is 473 g/mol. The van der Waals surface area contributed by atoms with Gasteiger partial charge in [-0.05, 0) is 43.5 Å². The van der Waals surface area contributed by atoms with Crippen LogP contribution < -0.4 is 16.2 Å². The van der Waals surface area contributed by atoms with Crippen molar-refractivity contribution >= 4 is 46.4 Å². The summed E-state index contributed by atoms with van der Waals surface area (Å²) < 4.78 is 0. The summed E-state index contributed by atoms with van der Waals surface area (Å²) in [6, 6.07) is 12.1. The van der Waals surface area contributed by atoms with Gasteiger partial charge in [0.1, 0.15) is 11.6 Å². The maximum absolute atomic E-state index is 13.2. The molecule has 1 saturated heterocycles. The third-order valence-corrected chi connectivity index (χ3v) is 6.36. The summed E-state index contributed by atoms with van der Waals surface area (Å²) in [5.74, 6) is -2.01. The molecule has 168 valence electrons. The quantitative estimate of drug-likeness (QED) is 0.689. The Kier molecular flexibility index (Phi) is 6.69. The predicted molar refractivity (Wildman–Crippen MR) is 127 cm³/mol. The lowest BCUT2D eigenvalue weighted by atomic mass is 9.88. The second kappa shape index (κ2) is 9.48. The first kappa shape index (κ1) is 22.6. The summed E-state index contributed by atoms with van der Waals surface area (Å²) in [6.07, 6.45) is 3.14. The summed E-state index contributed by atoms with van der Waals surface area (Å²) in [5.41, 5.74) is 11.2. The molecule has 0 saturated carbocycles. The van der Waals surface area contributed by atoms with Crippen LogP contribution in [0.25, 0.3) is 0 Å². The van der Waals surface area contributed by atoms with Gasteiger partial charge in [0.2, 0.25) is 5.91 Å². The number of nitrogens with two attached hydrogens (primary N) is 1. The van der Waals surface area contributed by atoms with E-state index in [1.54, 1.807) is 23.2 Å². The number of hydrazone groups is 1. The molecule has 4 rings (SSSR count). The van der Waals surface area contributed by atoms with E-state index in [9.17, 15) is 9.59 Å². The minimum absolute atomic E-state index is 0.0691. The smallest absolute Gasteiger partial charge is 0.282 e. The second-order valence-corrected chi connectivity index (χ2v) is 8.99. The van der Waals surface area contributed by atoms with Gasteiger partial charge in [-0.3, -0.25) is 20.0 Å². The van der Waals surface area contributed by atoms with Crippen molar-refractivity contribution in [2.24, 2.45) is 16.8 Å². The first-order valence-electron chi connectivity index (χ1n) is 10.6. The zero-order valence-electron chi connectivity index (χ0n) is 17.7. The number of piperidine rings is 1. The number of nitrogens with one attached hydrogen (secondary N) is 1. The van der Waals surface area contributed by atoms with E-state index in [0.717, 1.165) is 43.5 Å². The molecule has 1 fully saturated rings. The van der Waals surface area contributed by atoms with Crippen LogP contribution in [0.1, 0.15) is 36.4 Å². The van der Waals surface area contributed by atoms with E-state index in [4.69, 9.17) is 28.9 Å². The topological polar surface area (TPSA) is 91.0 Å². The van der Waals surface area contributed by atoms with Crippen molar-refractivity contribution in [1.29, 1.82) is 0 Å². The van der Waals surface area contributed by atoms with Gasteiger partial charge >= 0.3 is 0 Å². The summed E-state index contributed by atoms with van der Waals surface area (Å²) in [6.45, 7) is 3.49. The maximum atomic E-state index is 13.2. The standard InChI is InChI=1S/C23H25Cl2N5O2/c1-14-5-7-15(8-6-14)21-19(22(26)31)20(23(32)28-29-11-3-2-4-12-29)27-30(21)18-10-9-16(24)13-17(18)25/h5-10,13,19,21H,2-4,11-12H2,1H3,(H2,26,31)(H,28,32). The lowest BCUT2D eigenvalue weighted by Crippen LogP contribution is -2.50. The Morgan fingerprint density at radius 1 is 1.06 bits per heavy atom. The van der Waals surface area contributed by atoms with Gasteiger partial charge in [-0.1, -0.05) is 59.5 Å². The molecule has 0 radical (unpaired) electrons. The van der Waals surface area contributed by atoms with Crippen LogP contribution in [0.2, 0.25) is 10.0 Å². The first-order chi connectivity index (χ1) is 15.3. The number of carbonyl (C=O) groups is 2. The van der Waals surface area contributed by atoms with E-state index < -0.39 is 23.8 Å². The number of hydrogen-bond acceptors (Lipinski definition) is 5. The number of aryl methyl sites for hydroxylation is 1. The van der Waals surface area contributed by atoms with Gasteiger partial charge in [-0.15, -0.1) is 0 Å². The molecule has 2 amide bonds. The number of rotatable bonds is 5. The molecule has 2 aliphatic heterocycles. The number of hydrazine groups is 1. The molecule has 0 spiro atoms. The molecule has 0 bridgehead atoms. The SMILES string of the molecule is Cc1ccc(C2C(C(N)=O)C(C(=O)NN3CCCCC3)=NN2c2ccc(Cl)cc2Cl)cc1. The summed E-state index contributed by atoms with van der Waals surface area (Å²) in [5, 5.41) is 8.88. The zero-order chi connectivity index (χ0) is 22.8. The third kappa shape index (κ3) is 4.60. The van der Waals surface area contributed by atoms with E-state index in [1.807, 2.05) is 36.2 Å². The van der Waals surface area contributed by atoms with Crippen molar-refractivity contribution in [3.8, 4) is 0 Å². The Morgan fingerprint density at radius 2 is 1.75 bits per heavy atom. The summed E-state index contributed by atoms with van der Waals surface area (Å²) in [7, 11) is 0. The molecule has 7 nitrogen and oxygen atoms in total. The lowest BCUT2D eigenvalue weighted by Gasteiger charge is -2.28. The number of nitrogens with zero attached hydrogens (tertiary/aromatic N) is 3. The van der Waals surface area contributed by atoms with E-state index >= 15 is 0 Å². The van der Waals surface area contributed by atoms with Gasteiger partial charge in [0, 0.05) is 18.1 Å². The van der Waals surface area contributed by atoms with Crippen LogP contribution in [0, 0.1) is 12.8 Å². The van der Waals surface area contributed by atoms with Gasteiger partial charge in [0.05, 0.1) is 16.8 Å². The number of benzene rings is 2. The molecule has 2 aromatic carbocycles. The van der Waals surface area contributed by atoms with Crippen molar-refractivity contribution in [3.63, 3.8) is 0 Å². The summed E-state index contributed by atoms with van der Waals surface area (Å²) in [4.78, 5) is 25.8. The van der Waals surface area contributed by atoms with Crippen molar-refractivity contribution in [2.75, 3.05) is 18.1 Å².